The van der Waals surface area contributed by atoms with Gasteiger partial charge in [-0.1, -0.05) is 12.2 Å². The van der Waals surface area contributed by atoms with Crippen LogP contribution in [0.1, 0.15) is 0 Å². The van der Waals surface area contributed by atoms with E-state index >= 15 is 0 Å². The Bertz CT molecular complexity index is 312. The maximum Gasteiger partial charge on any atom is 0.320 e. The number of carbonyl (C=O) groups excluding carboxylic acids is 1. The second-order valence-electron chi connectivity index (χ2n) is 3.66. The fraction of sp³-hybridized carbons (Fsp3) is 0.667. The van der Waals surface area contributed by atoms with Crippen molar-refractivity contribution in [2.24, 2.45) is 0 Å². The Morgan fingerprint density at radius 2 is 2.25 bits per heavy atom. The number of aliphatic hydroxyl groups excluding tert-OH is 2. The van der Waals surface area contributed by atoms with Crippen LogP contribution < -0.4 is 5.32 Å². The lowest BCUT2D eigenvalue weighted by Gasteiger charge is -2.27. The summed E-state index contributed by atoms with van der Waals surface area (Å²) in [5.74, 6) is 0. The zero-order valence-corrected chi connectivity index (χ0v) is 8.41. The molecular formula is C9H13FN2O4. The minimum atomic E-state index is -1.81. The number of halogens is 1. The Labute approximate surface area is 91.3 Å². The average Bonchev–Trinajstić information content (AvgIpc) is 2.47. The molecule has 4 atom stereocenters. The SMILES string of the molecule is O=C1NCC=CCN1[C@@H]1O[C@H](O)[C@@H](O)[C@H]1F. The molecule has 90 valence electrons. The van der Waals surface area contributed by atoms with Crippen LogP contribution in [0.25, 0.3) is 0 Å². The highest BCUT2D eigenvalue weighted by Gasteiger charge is 2.47. The van der Waals surface area contributed by atoms with Crippen LogP contribution in [0, 0.1) is 0 Å². The first-order valence-corrected chi connectivity index (χ1v) is 4.96. The van der Waals surface area contributed by atoms with E-state index in [-0.39, 0.29) is 6.54 Å². The fourth-order valence-electron chi connectivity index (χ4n) is 1.69. The summed E-state index contributed by atoms with van der Waals surface area (Å²) in [6.07, 6.45) is -2.87. The second-order valence-corrected chi connectivity index (χ2v) is 3.66. The predicted molar refractivity (Wildman–Crippen MR) is 51.0 cm³/mol. The maximum absolute atomic E-state index is 13.5. The first kappa shape index (κ1) is 11.3. The summed E-state index contributed by atoms with van der Waals surface area (Å²) < 4.78 is 18.4. The lowest BCUT2D eigenvalue weighted by atomic mass is 10.2. The first-order chi connectivity index (χ1) is 7.61. The number of hydrogen-bond acceptors (Lipinski definition) is 4. The molecule has 0 aromatic rings. The zero-order valence-electron chi connectivity index (χ0n) is 8.41. The summed E-state index contributed by atoms with van der Waals surface area (Å²) in [6, 6.07) is -0.487. The molecule has 0 radical (unpaired) electrons. The van der Waals surface area contributed by atoms with Crippen LogP contribution in [-0.4, -0.2) is 59.0 Å². The Morgan fingerprint density at radius 3 is 2.88 bits per heavy atom. The van der Waals surface area contributed by atoms with E-state index in [0.717, 1.165) is 4.90 Å². The van der Waals surface area contributed by atoms with Crippen molar-refractivity contribution < 1.29 is 24.1 Å². The molecule has 2 aliphatic rings. The standard InChI is InChI=1S/C9H13FN2O4/c10-5-6(13)8(14)16-7(5)12-4-2-1-3-11-9(12)15/h1-2,5-8,13-14H,3-4H2,(H,11,15)/t5-,6+,7-,8+/m1/s1. The van der Waals surface area contributed by atoms with Crippen LogP contribution in [0.15, 0.2) is 12.2 Å². The van der Waals surface area contributed by atoms with Crippen molar-refractivity contribution in [2.45, 2.75) is 24.8 Å². The normalized spacial score (nSPS) is 39.7. The molecule has 6 nitrogen and oxygen atoms in total. The summed E-state index contributed by atoms with van der Waals surface area (Å²) in [7, 11) is 0. The molecule has 2 rings (SSSR count). The van der Waals surface area contributed by atoms with Gasteiger partial charge in [-0.2, -0.15) is 0 Å². The molecular weight excluding hydrogens is 219 g/mol. The largest absolute Gasteiger partial charge is 0.385 e. The van der Waals surface area contributed by atoms with Crippen molar-refractivity contribution in [3.8, 4) is 0 Å². The molecule has 7 heteroatoms. The van der Waals surface area contributed by atoms with Crippen molar-refractivity contribution in [2.75, 3.05) is 13.1 Å². The molecule has 2 heterocycles. The van der Waals surface area contributed by atoms with Crippen LogP contribution in [0.4, 0.5) is 9.18 Å². The third-order valence-electron chi connectivity index (χ3n) is 2.58. The number of alkyl halides is 1. The van der Waals surface area contributed by atoms with Crippen LogP contribution in [0.3, 0.4) is 0 Å². The molecule has 2 aliphatic heterocycles. The maximum atomic E-state index is 13.5. The third-order valence-corrected chi connectivity index (χ3v) is 2.58. The van der Waals surface area contributed by atoms with Gasteiger partial charge in [0.2, 0.25) is 0 Å². The molecule has 0 spiro atoms. The number of rotatable bonds is 1. The number of hydrogen-bond donors (Lipinski definition) is 3. The van der Waals surface area contributed by atoms with Gasteiger partial charge < -0.3 is 20.3 Å². The van der Waals surface area contributed by atoms with Crippen LogP contribution in [-0.2, 0) is 4.74 Å². The summed E-state index contributed by atoms with van der Waals surface area (Å²) in [5, 5.41) is 20.8. The molecule has 2 amide bonds. The Hall–Kier alpha value is -1.18. The van der Waals surface area contributed by atoms with E-state index in [4.69, 9.17) is 9.84 Å². The lowest BCUT2D eigenvalue weighted by molar-refractivity contribution is -0.148. The van der Waals surface area contributed by atoms with Crippen molar-refractivity contribution in [1.82, 2.24) is 10.2 Å². The average molecular weight is 232 g/mol. The minimum absolute atomic E-state index is 0.177. The molecule has 0 bridgehead atoms. The second kappa shape index (κ2) is 4.36. The van der Waals surface area contributed by atoms with Gasteiger partial charge >= 0.3 is 6.03 Å². The Balaban J connectivity index is 2.11. The van der Waals surface area contributed by atoms with Crippen molar-refractivity contribution >= 4 is 6.03 Å². The topological polar surface area (TPSA) is 82.0 Å². The quantitative estimate of drug-likeness (QED) is 0.503. The summed E-state index contributed by atoms with van der Waals surface area (Å²) in [5.41, 5.74) is 0. The predicted octanol–water partition coefficient (Wildman–Crippen LogP) is -1.06. The van der Waals surface area contributed by atoms with Gasteiger partial charge in [0.25, 0.3) is 0 Å². The molecule has 0 unspecified atom stereocenters. The molecule has 0 aromatic heterocycles. The van der Waals surface area contributed by atoms with Gasteiger partial charge in [0.05, 0.1) is 0 Å². The summed E-state index contributed by atoms with van der Waals surface area (Å²) in [6.45, 7) is 0.542. The minimum Gasteiger partial charge on any atom is -0.385 e. The smallest absolute Gasteiger partial charge is 0.320 e. The van der Waals surface area contributed by atoms with Crippen molar-refractivity contribution in [3.05, 3.63) is 12.2 Å². The summed E-state index contributed by atoms with van der Waals surface area (Å²) >= 11 is 0. The number of nitrogens with zero attached hydrogens (tertiary/aromatic N) is 1. The van der Waals surface area contributed by atoms with E-state index in [1.807, 2.05) is 0 Å². The van der Waals surface area contributed by atoms with Gasteiger partial charge in [0.1, 0.15) is 6.10 Å². The van der Waals surface area contributed by atoms with Gasteiger partial charge in [-0.15, -0.1) is 0 Å². The van der Waals surface area contributed by atoms with Gasteiger partial charge in [0, 0.05) is 13.1 Å². The van der Waals surface area contributed by atoms with E-state index in [0.29, 0.717) is 6.54 Å². The van der Waals surface area contributed by atoms with E-state index in [1.165, 1.54) is 0 Å². The number of nitrogens with one attached hydrogen (secondary N) is 1. The number of urea groups is 1. The summed E-state index contributed by atoms with van der Waals surface area (Å²) in [4.78, 5) is 12.6. The van der Waals surface area contributed by atoms with E-state index in [2.05, 4.69) is 5.32 Å². The fourth-order valence-corrected chi connectivity index (χ4v) is 1.69. The highest BCUT2D eigenvalue weighted by Crippen LogP contribution is 2.25. The van der Waals surface area contributed by atoms with Crippen LogP contribution >= 0.6 is 0 Å². The number of aliphatic hydroxyl groups is 2. The van der Waals surface area contributed by atoms with Crippen LogP contribution in [0.2, 0.25) is 0 Å². The first-order valence-electron chi connectivity index (χ1n) is 4.96. The van der Waals surface area contributed by atoms with Gasteiger partial charge in [-0.05, 0) is 0 Å². The highest BCUT2D eigenvalue weighted by atomic mass is 19.1. The third kappa shape index (κ3) is 1.89. The molecule has 0 aliphatic carbocycles. The molecule has 3 N–H and O–H groups in total. The van der Waals surface area contributed by atoms with Gasteiger partial charge in [0.15, 0.2) is 18.7 Å². The number of carbonyl (C=O) groups is 1. The van der Waals surface area contributed by atoms with E-state index in [9.17, 15) is 14.3 Å². The monoisotopic (exact) mass is 232 g/mol. The molecule has 0 aromatic carbocycles. The zero-order chi connectivity index (χ0) is 11.7. The van der Waals surface area contributed by atoms with E-state index in [1.54, 1.807) is 12.2 Å². The van der Waals surface area contributed by atoms with E-state index < -0.39 is 30.8 Å². The Morgan fingerprint density at radius 1 is 1.50 bits per heavy atom. The van der Waals surface area contributed by atoms with Crippen molar-refractivity contribution in [1.29, 1.82) is 0 Å². The lowest BCUT2D eigenvalue weighted by Crippen LogP contribution is -2.49. The number of amides is 2. The number of ether oxygens (including phenoxy) is 1. The molecule has 1 fully saturated rings. The van der Waals surface area contributed by atoms with Gasteiger partial charge in [-0.25, -0.2) is 9.18 Å². The van der Waals surface area contributed by atoms with Crippen LogP contribution in [0.5, 0.6) is 0 Å². The molecule has 1 saturated heterocycles. The highest BCUT2D eigenvalue weighted by molar-refractivity contribution is 5.75. The van der Waals surface area contributed by atoms with Crippen molar-refractivity contribution in [3.63, 3.8) is 0 Å². The Kier molecular flexibility index (Phi) is 3.08. The molecule has 16 heavy (non-hydrogen) atoms. The van der Waals surface area contributed by atoms with Gasteiger partial charge in [-0.3, -0.25) is 4.90 Å². The molecule has 0 saturated carbocycles.